The molecule has 0 radical (unpaired) electrons. The van der Waals surface area contributed by atoms with Crippen LogP contribution in [0.3, 0.4) is 0 Å². The summed E-state index contributed by atoms with van der Waals surface area (Å²) in [5.41, 5.74) is 1.27. The van der Waals surface area contributed by atoms with Crippen molar-refractivity contribution >= 4 is 21.6 Å². The largest absolute Gasteiger partial charge is 0.500 e. The van der Waals surface area contributed by atoms with E-state index in [-0.39, 0.29) is 22.2 Å². The van der Waals surface area contributed by atoms with Gasteiger partial charge in [0, 0.05) is 23.3 Å². The minimum atomic E-state index is -3.33. The Bertz CT molecular complexity index is 1040. The first-order chi connectivity index (χ1) is 13.3. The van der Waals surface area contributed by atoms with Crippen molar-refractivity contribution in [3.05, 3.63) is 64.5 Å². The third-order valence-electron chi connectivity index (χ3n) is 5.59. The molecule has 6 nitrogen and oxygen atoms in total. The smallest absolute Gasteiger partial charge is 0.336 e. The molecule has 156 valence electrons. The molecule has 1 aromatic rings. The van der Waals surface area contributed by atoms with Crippen molar-refractivity contribution in [2.75, 3.05) is 13.4 Å². The van der Waals surface area contributed by atoms with Gasteiger partial charge in [-0.05, 0) is 49.6 Å². The van der Waals surface area contributed by atoms with E-state index in [1.54, 1.807) is 19.9 Å². The zero-order valence-corrected chi connectivity index (χ0v) is 18.3. The lowest BCUT2D eigenvalue weighted by Gasteiger charge is -2.40. The number of ketones is 1. The van der Waals surface area contributed by atoms with Gasteiger partial charge >= 0.3 is 5.97 Å². The molecule has 1 unspecified atom stereocenters. The summed E-state index contributed by atoms with van der Waals surface area (Å²) in [7, 11) is -1.84. The second-order valence-corrected chi connectivity index (χ2v) is 9.73. The van der Waals surface area contributed by atoms with Crippen LogP contribution < -0.4 is 0 Å². The summed E-state index contributed by atoms with van der Waals surface area (Å²) < 4.78 is 28.6. The van der Waals surface area contributed by atoms with Gasteiger partial charge < -0.3 is 9.84 Å². The Balaban J connectivity index is 2.40. The monoisotopic (exact) mass is 418 g/mol. The van der Waals surface area contributed by atoms with Crippen LogP contribution in [-0.2, 0) is 19.4 Å². The zero-order chi connectivity index (χ0) is 22.1. The predicted molar refractivity (Wildman–Crippen MR) is 110 cm³/mol. The number of aliphatic carboxylic acids is 1. The summed E-state index contributed by atoms with van der Waals surface area (Å²) in [5.74, 6) is -1.10. The summed E-state index contributed by atoms with van der Waals surface area (Å²) in [5, 5.41) is 9.59. The van der Waals surface area contributed by atoms with Crippen molar-refractivity contribution in [3.63, 3.8) is 0 Å². The van der Waals surface area contributed by atoms with Gasteiger partial charge in [-0.1, -0.05) is 25.5 Å². The highest BCUT2D eigenvalue weighted by molar-refractivity contribution is 7.90. The SMILES string of the molecule is COC1=C(C)C(C(=O)O)=C(C)C(C)(C)C1C=CC(=O)c1ccc(S(C)(=O)=O)cc1. The molecule has 29 heavy (non-hydrogen) atoms. The molecule has 1 N–H and O–H groups in total. The van der Waals surface area contributed by atoms with Crippen molar-refractivity contribution < 1.29 is 27.9 Å². The van der Waals surface area contributed by atoms with Gasteiger partial charge in [0.05, 0.1) is 17.6 Å². The van der Waals surface area contributed by atoms with E-state index in [9.17, 15) is 23.1 Å². The lowest BCUT2D eigenvalue weighted by molar-refractivity contribution is -0.132. The highest BCUT2D eigenvalue weighted by Crippen LogP contribution is 2.48. The molecular weight excluding hydrogens is 392 g/mol. The Morgan fingerprint density at radius 1 is 1.14 bits per heavy atom. The summed E-state index contributed by atoms with van der Waals surface area (Å²) in [6.45, 7) is 7.31. The van der Waals surface area contributed by atoms with Gasteiger partial charge in [-0.2, -0.15) is 0 Å². The van der Waals surface area contributed by atoms with Gasteiger partial charge in [0.2, 0.25) is 0 Å². The van der Waals surface area contributed by atoms with Crippen LogP contribution in [0.2, 0.25) is 0 Å². The molecular formula is C22H26O6S. The Hall–Kier alpha value is -2.67. The number of allylic oxidation sites excluding steroid dienone is 3. The second kappa shape index (κ2) is 7.99. The molecule has 0 aliphatic heterocycles. The minimum absolute atomic E-state index is 0.147. The fraction of sp³-hybridized carbons (Fsp3) is 0.364. The highest BCUT2D eigenvalue weighted by Gasteiger charge is 2.41. The van der Waals surface area contributed by atoms with E-state index in [2.05, 4.69) is 0 Å². The van der Waals surface area contributed by atoms with Crippen LogP contribution in [0.15, 0.2) is 63.8 Å². The molecule has 2 rings (SSSR count). The van der Waals surface area contributed by atoms with Gasteiger partial charge in [-0.25, -0.2) is 13.2 Å². The van der Waals surface area contributed by atoms with E-state index in [1.165, 1.54) is 37.5 Å². The predicted octanol–water partition coefficient (Wildman–Crippen LogP) is 3.81. The normalized spacial score (nSPS) is 19.6. The van der Waals surface area contributed by atoms with Crippen molar-refractivity contribution in [2.45, 2.75) is 32.6 Å². The van der Waals surface area contributed by atoms with Gasteiger partial charge in [0.25, 0.3) is 0 Å². The summed E-state index contributed by atoms with van der Waals surface area (Å²) in [6, 6.07) is 5.75. The van der Waals surface area contributed by atoms with Gasteiger partial charge in [-0.15, -0.1) is 0 Å². The van der Waals surface area contributed by atoms with E-state index in [0.717, 1.165) is 6.26 Å². The summed E-state index contributed by atoms with van der Waals surface area (Å²) in [4.78, 5) is 24.5. The van der Waals surface area contributed by atoms with Crippen molar-refractivity contribution in [1.29, 1.82) is 0 Å². The van der Waals surface area contributed by atoms with Crippen LogP contribution in [0.1, 0.15) is 38.1 Å². The fourth-order valence-electron chi connectivity index (χ4n) is 3.60. The molecule has 0 saturated carbocycles. The molecule has 1 atom stereocenters. The molecule has 0 saturated heterocycles. The van der Waals surface area contributed by atoms with Crippen LogP contribution in [-0.4, -0.2) is 38.6 Å². The molecule has 1 aliphatic carbocycles. The number of carboxylic acids is 1. The number of ether oxygens (including phenoxy) is 1. The lowest BCUT2D eigenvalue weighted by Crippen LogP contribution is -2.33. The van der Waals surface area contributed by atoms with E-state index < -0.39 is 21.2 Å². The first kappa shape index (κ1) is 22.6. The maximum absolute atomic E-state index is 12.6. The van der Waals surface area contributed by atoms with E-state index in [0.29, 0.717) is 22.5 Å². The summed E-state index contributed by atoms with van der Waals surface area (Å²) >= 11 is 0. The number of carboxylic acid groups (broad SMARTS) is 1. The summed E-state index contributed by atoms with van der Waals surface area (Å²) in [6.07, 6.45) is 4.25. The van der Waals surface area contributed by atoms with Crippen LogP contribution in [0.4, 0.5) is 0 Å². The zero-order valence-electron chi connectivity index (χ0n) is 17.4. The van der Waals surface area contributed by atoms with Crippen LogP contribution in [0, 0.1) is 11.3 Å². The maximum Gasteiger partial charge on any atom is 0.336 e. The maximum atomic E-state index is 12.6. The van der Waals surface area contributed by atoms with E-state index in [4.69, 9.17) is 4.74 Å². The van der Waals surface area contributed by atoms with Gasteiger partial charge in [0.15, 0.2) is 15.6 Å². The molecule has 7 heteroatoms. The number of hydrogen-bond acceptors (Lipinski definition) is 5. The minimum Gasteiger partial charge on any atom is -0.500 e. The van der Waals surface area contributed by atoms with Crippen LogP contribution in [0.25, 0.3) is 0 Å². The molecule has 1 aromatic carbocycles. The Morgan fingerprint density at radius 3 is 2.14 bits per heavy atom. The average Bonchev–Trinajstić information content (AvgIpc) is 2.62. The Kier molecular flexibility index (Phi) is 6.23. The molecule has 0 aromatic heterocycles. The number of hydrogen-bond donors (Lipinski definition) is 1. The molecule has 0 fully saturated rings. The van der Waals surface area contributed by atoms with Gasteiger partial charge in [-0.3, -0.25) is 4.79 Å². The number of benzene rings is 1. The standard InChI is InChI=1S/C22H26O6S/c1-13-19(21(24)25)14(2)22(3,4)17(20(13)28-5)11-12-18(23)15-7-9-16(10-8-15)29(6,26)27/h7-12,17H,1-6H3,(H,24,25). The molecule has 0 spiro atoms. The number of rotatable bonds is 6. The van der Waals surface area contributed by atoms with E-state index >= 15 is 0 Å². The van der Waals surface area contributed by atoms with Crippen molar-refractivity contribution in [2.24, 2.45) is 11.3 Å². The van der Waals surface area contributed by atoms with Crippen molar-refractivity contribution in [1.82, 2.24) is 0 Å². The first-order valence-corrected chi connectivity index (χ1v) is 10.9. The number of sulfone groups is 1. The first-order valence-electron chi connectivity index (χ1n) is 9.04. The van der Waals surface area contributed by atoms with Crippen LogP contribution >= 0.6 is 0 Å². The molecule has 0 bridgehead atoms. The number of carbonyl (C=O) groups is 2. The second-order valence-electron chi connectivity index (χ2n) is 7.72. The third kappa shape index (κ3) is 4.34. The molecule has 0 heterocycles. The number of carbonyl (C=O) groups excluding carboxylic acids is 1. The topological polar surface area (TPSA) is 97.7 Å². The molecule has 0 amide bonds. The number of methoxy groups -OCH3 is 1. The van der Waals surface area contributed by atoms with Gasteiger partial charge in [0.1, 0.15) is 5.76 Å². The molecule has 1 aliphatic rings. The van der Waals surface area contributed by atoms with Crippen LogP contribution in [0.5, 0.6) is 0 Å². The Morgan fingerprint density at radius 2 is 1.69 bits per heavy atom. The average molecular weight is 419 g/mol. The fourth-order valence-corrected chi connectivity index (χ4v) is 4.23. The van der Waals surface area contributed by atoms with Crippen molar-refractivity contribution in [3.8, 4) is 0 Å². The third-order valence-corrected chi connectivity index (χ3v) is 6.72. The quantitative estimate of drug-likeness (QED) is 0.557. The van der Waals surface area contributed by atoms with E-state index in [1.807, 2.05) is 13.8 Å². The Labute approximate surface area is 171 Å². The lowest BCUT2D eigenvalue weighted by atomic mass is 9.66. The highest BCUT2D eigenvalue weighted by atomic mass is 32.2.